The van der Waals surface area contributed by atoms with E-state index in [1.54, 1.807) is 36.7 Å². The van der Waals surface area contributed by atoms with Gasteiger partial charge in [-0.2, -0.15) is 0 Å². The zero-order valence-corrected chi connectivity index (χ0v) is 19.2. The van der Waals surface area contributed by atoms with Gasteiger partial charge in [0.05, 0.1) is 11.1 Å². The standard InChI is InChI=1S/C24H26N6O5/c1-14-13-25-12-9-16(14)28-24(35)27-11-3-2-10-26-17-6-4-5-15-20(17)23(34)30(22(15)33)18-7-8-19(31)29-21(18)32/h4-6,9,12-13,18,26H,2-3,7-8,10-11H2,1H3,(H,29,31,32)(H2,25,27,28,35). The maximum Gasteiger partial charge on any atom is 0.319 e. The molecule has 1 atom stereocenters. The van der Waals surface area contributed by atoms with Crippen LogP contribution in [0, 0.1) is 6.92 Å². The minimum Gasteiger partial charge on any atom is -0.384 e. The molecule has 0 spiro atoms. The molecule has 1 aromatic heterocycles. The highest BCUT2D eigenvalue weighted by Crippen LogP contribution is 2.32. The van der Waals surface area contributed by atoms with Crippen molar-refractivity contribution >= 4 is 41.0 Å². The van der Waals surface area contributed by atoms with Crippen molar-refractivity contribution in [1.29, 1.82) is 0 Å². The van der Waals surface area contributed by atoms with Crippen LogP contribution in [0.3, 0.4) is 0 Å². The lowest BCUT2D eigenvalue weighted by Crippen LogP contribution is -2.54. The number of fused-ring (bicyclic) bond motifs is 1. The Morgan fingerprint density at radius 3 is 2.66 bits per heavy atom. The summed E-state index contributed by atoms with van der Waals surface area (Å²) in [6.45, 7) is 2.84. The van der Waals surface area contributed by atoms with Gasteiger partial charge in [0.15, 0.2) is 0 Å². The minimum absolute atomic E-state index is 0.0726. The molecule has 4 rings (SSSR count). The Labute approximate surface area is 201 Å². The summed E-state index contributed by atoms with van der Waals surface area (Å²) in [5, 5.41) is 10.9. The fourth-order valence-corrected chi connectivity index (χ4v) is 4.12. The smallest absolute Gasteiger partial charge is 0.319 e. The predicted molar refractivity (Wildman–Crippen MR) is 127 cm³/mol. The molecule has 182 valence electrons. The third kappa shape index (κ3) is 5.13. The summed E-state index contributed by atoms with van der Waals surface area (Å²) >= 11 is 0. The fourth-order valence-electron chi connectivity index (χ4n) is 4.12. The van der Waals surface area contributed by atoms with Crippen LogP contribution in [0.1, 0.15) is 52.0 Å². The molecule has 1 fully saturated rings. The third-order valence-corrected chi connectivity index (χ3v) is 5.94. The zero-order chi connectivity index (χ0) is 24.9. The summed E-state index contributed by atoms with van der Waals surface area (Å²) in [5.41, 5.74) is 2.53. The highest BCUT2D eigenvalue weighted by Gasteiger charge is 2.45. The van der Waals surface area contributed by atoms with Crippen molar-refractivity contribution in [3.63, 3.8) is 0 Å². The number of piperidine rings is 1. The Morgan fingerprint density at radius 1 is 1.09 bits per heavy atom. The summed E-state index contributed by atoms with van der Waals surface area (Å²) in [7, 11) is 0. The molecule has 0 radical (unpaired) electrons. The molecule has 2 aliphatic heterocycles. The van der Waals surface area contributed by atoms with E-state index in [0.717, 1.165) is 10.5 Å². The van der Waals surface area contributed by atoms with Crippen LogP contribution < -0.4 is 21.3 Å². The number of imide groups is 2. The van der Waals surface area contributed by atoms with Crippen molar-refractivity contribution in [1.82, 2.24) is 20.5 Å². The molecule has 6 amide bonds. The predicted octanol–water partition coefficient (Wildman–Crippen LogP) is 1.81. The van der Waals surface area contributed by atoms with Crippen LogP contribution >= 0.6 is 0 Å². The third-order valence-electron chi connectivity index (χ3n) is 5.94. The molecular formula is C24H26N6O5. The number of urea groups is 1. The van der Waals surface area contributed by atoms with Crippen LogP contribution in [0.15, 0.2) is 36.7 Å². The van der Waals surface area contributed by atoms with Crippen LogP contribution in [0.5, 0.6) is 0 Å². The first kappa shape index (κ1) is 23.9. The van der Waals surface area contributed by atoms with E-state index in [1.165, 1.54) is 0 Å². The van der Waals surface area contributed by atoms with Gasteiger partial charge in [-0.3, -0.25) is 34.4 Å². The number of pyridine rings is 1. The molecule has 4 N–H and O–H groups in total. The molecule has 0 saturated carbocycles. The molecule has 35 heavy (non-hydrogen) atoms. The largest absolute Gasteiger partial charge is 0.384 e. The average Bonchev–Trinajstić information content (AvgIpc) is 3.08. The van der Waals surface area contributed by atoms with Crippen molar-refractivity contribution in [2.75, 3.05) is 23.7 Å². The van der Waals surface area contributed by atoms with E-state index >= 15 is 0 Å². The lowest BCUT2D eigenvalue weighted by molar-refractivity contribution is -0.136. The SMILES string of the molecule is Cc1cnccc1NC(=O)NCCCCNc1cccc2c1C(=O)N(C1CCC(=O)NC1=O)C2=O. The maximum absolute atomic E-state index is 13.1. The Kier molecular flexibility index (Phi) is 7.04. The van der Waals surface area contributed by atoms with Crippen LogP contribution in [-0.2, 0) is 9.59 Å². The van der Waals surface area contributed by atoms with Crippen molar-refractivity contribution in [2.45, 2.75) is 38.6 Å². The van der Waals surface area contributed by atoms with E-state index in [1.807, 2.05) is 6.92 Å². The number of nitrogens with zero attached hydrogens (tertiary/aromatic N) is 2. The van der Waals surface area contributed by atoms with Crippen LogP contribution in [0.2, 0.25) is 0 Å². The van der Waals surface area contributed by atoms with Gasteiger partial charge in [0, 0.05) is 43.3 Å². The van der Waals surface area contributed by atoms with E-state index in [9.17, 15) is 24.0 Å². The minimum atomic E-state index is -0.999. The number of benzene rings is 1. The molecule has 1 unspecified atom stereocenters. The summed E-state index contributed by atoms with van der Waals surface area (Å²) in [4.78, 5) is 66.6. The summed E-state index contributed by atoms with van der Waals surface area (Å²) in [5.74, 6) is -2.14. The van der Waals surface area contributed by atoms with Crippen molar-refractivity contribution in [3.8, 4) is 0 Å². The van der Waals surface area contributed by atoms with Crippen molar-refractivity contribution in [3.05, 3.63) is 53.3 Å². The Balaban J connectivity index is 1.28. The molecule has 2 aromatic rings. The Hall–Kier alpha value is -4.28. The second-order valence-electron chi connectivity index (χ2n) is 8.38. The van der Waals surface area contributed by atoms with Gasteiger partial charge in [0.2, 0.25) is 11.8 Å². The van der Waals surface area contributed by atoms with Crippen molar-refractivity contribution in [2.24, 2.45) is 0 Å². The molecule has 1 aromatic carbocycles. The van der Waals surface area contributed by atoms with E-state index in [-0.39, 0.29) is 30.0 Å². The van der Waals surface area contributed by atoms with Gasteiger partial charge < -0.3 is 16.0 Å². The second-order valence-corrected chi connectivity index (χ2v) is 8.38. The van der Waals surface area contributed by atoms with Crippen LogP contribution in [0.4, 0.5) is 16.2 Å². The number of unbranched alkanes of at least 4 members (excludes halogenated alkanes) is 1. The van der Waals surface area contributed by atoms with Gasteiger partial charge in [-0.05, 0) is 49.9 Å². The van der Waals surface area contributed by atoms with E-state index in [2.05, 4.69) is 26.3 Å². The first-order chi connectivity index (χ1) is 16.9. The molecule has 2 aliphatic rings. The van der Waals surface area contributed by atoms with Crippen LogP contribution in [0.25, 0.3) is 0 Å². The van der Waals surface area contributed by atoms with E-state index < -0.39 is 29.7 Å². The number of aromatic nitrogens is 1. The lowest BCUT2D eigenvalue weighted by atomic mass is 10.0. The number of hydrogen-bond donors (Lipinski definition) is 4. The number of anilines is 2. The van der Waals surface area contributed by atoms with Gasteiger partial charge in [-0.1, -0.05) is 6.07 Å². The number of carbonyl (C=O) groups excluding carboxylic acids is 5. The Morgan fingerprint density at radius 2 is 1.89 bits per heavy atom. The summed E-state index contributed by atoms with van der Waals surface area (Å²) < 4.78 is 0. The quantitative estimate of drug-likeness (QED) is 0.334. The van der Waals surface area contributed by atoms with E-state index in [0.29, 0.717) is 37.3 Å². The topological polar surface area (TPSA) is 150 Å². The summed E-state index contributed by atoms with van der Waals surface area (Å²) in [6, 6.07) is 5.37. The first-order valence-electron chi connectivity index (χ1n) is 11.4. The van der Waals surface area contributed by atoms with Crippen LogP contribution in [-0.4, -0.2) is 58.7 Å². The number of rotatable bonds is 8. The van der Waals surface area contributed by atoms with E-state index in [4.69, 9.17) is 0 Å². The average molecular weight is 479 g/mol. The zero-order valence-electron chi connectivity index (χ0n) is 19.2. The molecule has 0 aliphatic carbocycles. The van der Waals surface area contributed by atoms with Crippen molar-refractivity contribution < 1.29 is 24.0 Å². The highest BCUT2D eigenvalue weighted by molar-refractivity contribution is 6.25. The van der Waals surface area contributed by atoms with Gasteiger partial charge >= 0.3 is 6.03 Å². The summed E-state index contributed by atoms with van der Waals surface area (Å²) in [6.07, 6.45) is 4.86. The van der Waals surface area contributed by atoms with Gasteiger partial charge in [-0.15, -0.1) is 0 Å². The fraction of sp³-hybridized carbons (Fsp3) is 0.333. The Bertz CT molecular complexity index is 1200. The first-order valence-corrected chi connectivity index (χ1v) is 11.4. The molecule has 1 saturated heterocycles. The number of aryl methyl sites for hydroxylation is 1. The lowest BCUT2D eigenvalue weighted by Gasteiger charge is -2.27. The molecular weight excluding hydrogens is 452 g/mol. The van der Waals surface area contributed by atoms with Gasteiger partial charge in [-0.25, -0.2) is 4.79 Å². The maximum atomic E-state index is 13.1. The van der Waals surface area contributed by atoms with Gasteiger partial charge in [0.1, 0.15) is 6.04 Å². The number of amides is 6. The molecule has 11 nitrogen and oxygen atoms in total. The second kappa shape index (κ2) is 10.3. The number of hydrogen-bond acceptors (Lipinski definition) is 7. The molecule has 0 bridgehead atoms. The highest BCUT2D eigenvalue weighted by atomic mass is 16.2. The number of carbonyl (C=O) groups is 5. The number of nitrogens with one attached hydrogen (secondary N) is 4. The van der Waals surface area contributed by atoms with Gasteiger partial charge in [0.25, 0.3) is 11.8 Å². The molecule has 11 heteroatoms. The monoisotopic (exact) mass is 478 g/mol. The molecule has 3 heterocycles. The normalized spacial score (nSPS) is 17.2.